The van der Waals surface area contributed by atoms with Crippen molar-refractivity contribution in [3.05, 3.63) is 0 Å². The summed E-state index contributed by atoms with van der Waals surface area (Å²) in [5.74, 6) is -1.20. The molecule has 1 saturated heterocycles. The van der Waals surface area contributed by atoms with Gasteiger partial charge in [0.1, 0.15) is 0 Å². The molecule has 0 amide bonds. The monoisotopic (exact) mass is 342 g/mol. The van der Waals surface area contributed by atoms with Crippen LogP contribution in [-0.2, 0) is 24.8 Å². The number of nitrogens with one attached hydrogen (secondary N) is 1. The van der Waals surface area contributed by atoms with Gasteiger partial charge in [0.05, 0.1) is 11.5 Å². The lowest BCUT2D eigenvalue weighted by molar-refractivity contribution is -0.137. The lowest BCUT2D eigenvalue weighted by Crippen LogP contribution is -2.47. The molecule has 0 aromatic carbocycles. The lowest BCUT2D eigenvalue weighted by Gasteiger charge is -2.31. The van der Waals surface area contributed by atoms with Gasteiger partial charge in [-0.25, -0.2) is 25.9 Å². The Labute approximate surface area is 125 Å². The number of carbonyl (C=O) groups is 1. The van der Waals surface area contributed by atoms with Gasteiger partial charge in [-0.05, 0) is 26.2 Å². The molecule has 124 valence electrons. The molecule has 0 unspecified atom stereocenters. The second kappa shape index (κ2) is 7.52. The molecule has 2 N–H and O–H groups in total. The third-order valence-electron chi connectivity index (χ3n) is 3.37. The largest absolute Gasteiger partial charge is 0.481 e. The van der Waals surface area contributed by atoms with E-state index in [4.69, 9.17) is 5.11 Å². The summed E-state index contributed by atoms with van der Waals surface area (Å²) in [4.78, 5) is 10.4. The highest BCUT2D eigenvalue weighted by Crippen LogP contribution is 2.16. The molecule has 0 radical (unpaired) electrons. The third kappa shape index (κ3) is 6.29. The van der Waals surface area contributed by atoms with Gasteiger partial charge < -0.3 is 5.11 Å². The SMILES string of the molecule is CCS(=O)(=O)NC1CCN(S(=O)(=O)CCCC(=O)O)CC1. The molecular formula is C11H22N2O6S2. The zero-order chi connectivity index (χ0) is 16.1. The Morgan fingerprint density at radius 3 is 2.29 bits per heavy atom. The summed E-state index contributed by atoms with van der Waals surface area (Å²) in [7, 11) is -6.74. The van der Waals surface area contributed by atoms with E-state index in [9.17, 15) is 21.6 Å². The van der Waals surface area contributed by atoms with E-state index in [0.29, 0.717) is 12.8 Å². The summed E-state index contributed by atoms with van der Waals surface area (Å²) in [6, 6.07) is -0.236. The predicted molar refractivity (Wildman–Crippen MR) is 77.8 cm³/mol. The summed E-state index contributed by atoms with van der Waals surface area (Å²) in [6.45, 7) is 2.06. The number of carboxylic acids is 1. The van der Waals surface area contributed by atoms with Crippen LogP contribution in [-0.4, -0.2) is 62.9 Å². The van der Waals surface area contributed by atoms with Crippen LogP contribution in [0.3, 0.4) is 0 Å². The third-order valence-corrected chi connectivity index (χ3v) is 6.78. The lowest BCUT2D eigenvalue weighted by atomic mass is 10.1. The van der Waals surface area contributed by atoms with E-state index in [2.05, 4.69) is 4.72 Å². The van der Waals surface area contributed by atoms with Crippen molar-refractivity contribution in [1.82, 2.24) is 9.03 Å². The van der Waals surface area contributed by atoms with Crippen molar-refractivity contribution in [3.8, 4) is 0 Å². The molecule has 1 aliphatic rings. The molecule has 0 spiro atoms. The summed E-state index contributed by atoms with van der Waals surface area (Å²) in [5, 5.41) is 8.51. The van der Waals surface area contributed by atoms with Crippen molar-refractivity contribution in [2.24, 2.45) is 0 Å². The highest BCUT2D eigenvalue weighted by atomic mass is 32.2. The second-order valence-electron chi connectivity index (χ2n) is 5.01. The number of piperidine rings is 1. The van der Waals surface area contributed by atoms with E-state index >= 15 is 0 Å². The number of hydrogen-bond donors (Lipinski definition) is 2. The molecular weight excluding hydrogens is 320 g/mol. The Kier molecular flexibility index (Phi) is 6.57. The summed E-state index contributed by atoms with van der Waals surface area (Å²) in [6.07, 6.45) is 0.765. The Hall–Kier alpha value is -0.710. The first kappa shape index (κ1) is 18.3. The number of aliphatic carboxylic acids is 1. The second-order valence-corrected chi connectivity index (χ2v) is 9.14. The highest BCUT2D eigenvalue weighted by molar-refractivity contribution is 7.89. The van der Waals surface area contributed by atoms with Crippen molar-refractivity contribution in [2.75, 3.05) is 24.6 Å². The molecule has 10 heteroatoms. The van der Waals surface area contributed by atoms with E-state index in [1.165, 1.54) is 4.31 Å². The van der Waals surface area contributed by atoms with Gasteiger partial charge in [0.15, 0.2) is 0 Å². The predicted octanol–water partition coefficient (Wildman–Crippen LogP) is -0.415. The molecule has 1 aliphatic heterocycles. The van der Waals surface area contributed by atoms with Crippen LogP contribution in [0.1, 0.15) is 32.6 Å². The average molecular weight is 342 g/mol. The smallest absolute Gasteiger partial charge is 0.303 e. The Balaban J connectivity index is 2.46. The Bertz CT molecular complexity index is 549. The van der Waals surface area contributed by atoms with Gasteiger partial charge in [0, 0.05) is 25.6 Å². The molecule has 1 rings (SSSR count). The van der Waals surface area contributed by atoms with Crippen molar-refractivity contribution < 1.29 is 26.7 Å². The van der Waals surface area contributed by atoms with E-state index < -0.39 is 26.0 Å². The van der Waals surface area contributed by atoms with Gasteiger partial charge in [-0.2, -0.15) is 0 Å². The fourth-order valence-corrected chi connectivity index (χ4v) is 4.57. The topological polar surface area (TPSA) is 121 Å². The Morgan fingerprint density at radius 2 is 1.81 bits per heavy atom. The van der Waals surface area contributed by atoms with Crippen molar-refractivity contribution in [2.45, 2.75) is 38.6 Å². The van der Waals surface area contributed by atoms with Crippen LogP contribution in [0.5, 0.6) is 0 Å². The van der Waals surface area contributed by atoms with Crippen LogP contribution in [0.2, 0.25) is 0 Å². The maximum atomic E-state index is 12.0. The average Bonchev–Trinajstić information content (AvgIpc) is 2.38. The van der Waals surface area contributed by atoms with Crippen LogP contribution in [0.25, 0.3) is 0 Å². The van der Waals surface area contributed by atoms with Crippen molar-refractivity contribution >= 4 is 26.0 Å². The van der Waals surface area contributed by atoms with Gasteiger partial charge in [0.2, 0.25) is 20.0 Å². The van der Waals surface area contributed by atoms with Gasteiger partial charge in [-0.15, -0.1) is 0 Å². The molecule has 0 saturated carbocycles. The normalized spacial score (nSPS) is 18.7. The molecule has 0 bridgehead atoms. The first-order valence-corrected chi connectivity index (χ1v) is 10.1. The highest BCUT2D eigenvalue weighted by Gasteiger charge is 2.29. The van der Waals surface area contributed by atoms with E-state index in [-0.39, 0.29) is 43.5 Å². The first-order chi connectivity index (χ1) is 9.66. The van der Waals surface area contributed by atoms with Crippen LogP contribution in [0.15, 0.2) is 0 Å². The molecule has 8 nitrogen and oxygen atoms in total. The molecule has 1 fully saturated rings. The number of hydrogen-bond acceptors (Lipinski definition) is 5. The van der Waals surface area contributed by atoms with Gasteiger partial charge >= 0.3 is 5.97 Å². The van der Waals surface area contributed by atoms with Crippen LogP contribution < -0.4 is 4.72 Å². The molecule has 1 heterocycles. The van der Waals surface area contributed by atoms with Crippen molar-refractivity contribution in [1.29, 1.82) is 0 Å². The molecule has 0 atom stereocenters. The summed E-state index contributed by atoms with van der Waals surface area (Å²) < 4.78 is 50.8. The summed E-state index contributed by atoms with van der Waals surface area (Å²) >= 11 is 0. The number of nitrogens with zero attached hydrogens (tertiary/aromatic N) is 1. The standard InChI is InChI=1S/C11H22N2O6S2/c1-2-20(16,17)12-10-5-7-13(8-6-10)21(18,19)9-3-4-11(14)15/h10,12H,2-9H2,1H3,(H,14,15). The quantitative estimate of drug-likeness (QED) is 0.618. The van der Waals surface area contributed by atoms with E-state index in [0.717, 1.165) is 0 Å². The first-order valence-electron chi connectivity index (χ1n) is 6.86. The molecule has 0 aromatic heterocycles. The minimum atomic E-state index is -3.46. The zero-order valence-electron chi connectivity index (χ0n) is 12.0. The van der Waals surface area contributed by atoms with Crippen LogP contribution in [0.4, 0.5) is 0 Å². The molecule has 21 heavy (non-hydrogen) atoms. The van der Waals surface area contributed by atoms with Gasteiger partial charge in [-0.1, -0.05) is 0 Å². The minimum absolute atomic E-state index is 0.000696. The maximum Gasteiger partial charge on any atom is 0.303 e. The molecule has 0 aromatic rings. The fraction of sp³-hybridized carbons (Fsp3) is 0.909. The zero-order valence-corrected chi connectivity index (χ0v) is 13.6. The number of sulfonamides is 2. The van der Waals surface area contributed by atoms with E-state index in [1.807, 2.05) is 0 Å². The fourth-order valence-electron chi connectivity index (χ4n) is 2.12. The maximum absolute atomic E-state index is 12.0. The van der Waals surface area contributed by atoms with Gasteiger partial charge in [0.25, 0.3) is 0 Å². The van der Waals surface area contributed by atoms with Crippen LogP contribution >= 0.6 is 0 Å². The van der Waals surface area contributed by atoms with Crippen molar-refractivity contribution in [3.63, 3.8) is 0 Å². The number of carboxylic acid groups (broad SMARTS) is 1. The number of rotatable bonds is 8. The summed E-state index contributed by atoms with van der Waals surface area (Å²) in [5.41, 5.74) is 0. The van der Waals surface area contributed by atoms with E-state index in [1.54, 1.807) is 6.92 Å². The Morgan fingerprint density at radius 1 is 1.24 bits per heavy atom. The minimum Gasteiger partial charge on any atom is -0.481 e. The molecule has 0 aliphatic carbocycles. The van der Waals surface area contributed by atoms with Crippen LogP contribution in [0, 0.1) is 0 Å². The van der Waals surface area contributed by atoms with Gasteiger partial charge in [-0.3, -0.25) is 4.79 Å².